The van der Waals surface area contributed by atoms with Crippen LogP contribution in [0.4, 0.5) is 4.79 Å². The van der Waals surface area contributed by atoms with E-state index in [1.54, 1.807) is 0 Å². The number of nitrogens with one attached hydrogen (secondary N) is 2. The zero-order chi connectivity index (χ0) is 24.5. The maximum atomic E-state index is 12.2. The Balaban J connectivity index is 1.44. The first-order chi connectivity index (χ1) is 16.4. The third-order valence-electron chi connectivity index (χ3n) is 5.42. The van der Waals surface area contributed by atoms with Gasteiger partial charge in [-0.3, -0.25) is 14.4 Å². The Morgan fingerprint density at radius 2 is 1.56 bits per heavy atom. The lowest BCUT2D eigenvalue weighted by Crippen LogP contribution is -2.46. The molecule has 0 saturated carbocycles. The SMILES string of the molecule is COCCN(CC(=O)O)C(=O)CNC(=O)CNC(=O)OCC1c2ccccc2-c2ccccc21. The monoisotopic (exact) mass is 469 g/mol. The minimum absolute atomic E-state index is 0.0789. The van der Waals surface area contributed by atoms with E-state index in [9.17, 15) is 19.2 Å². The average molecular weight is 469 g/mol. The lowest BCUT2D eigenvalue weighted by molar-refractivity contribution is -0.144. The van der Waals surface area contributed by atoms with Gasteiger partial charge in [-0.25, -0.2) is 4.79 Å². The number of carbonyl (C=O) groups excluding carboxylic acids is 3. The van der Waals surface area contributed by atoms with Crippen LogP contribution < -0.4 is 10.6 Å². The molecule has 2 aromatic rings. The molecule has 0 saturated heterocycles. The summed E-state index contributed by atoms with van der Waals surface area (Å²) in [5.41, 5.74) is 4.37. The van der Waals surface area contributed by atoms with E-state index in [0.29, 0.717) is 0 Å². The van der Waals surface area contributed by atoms with Crippen LogP contribution in [0.15, 0.2) is 48.5 Å². The standard InChI is InChI=1S/C24H27N3O7/c1-33-11-10-27(14-23(30)31)22(29)13-25-21(28)12-26-24(32)34-15-20-18-8-4-2-6-16(18)17-7-3-5-9-19(17)20/h2-9,20H,10-15H2,1H3,(H,25,28)(H,26,32)(H,30,31). The fourth-order valence-electron chi connectivity index (χ4n) is 3.81. The van der Waals surface area contributed by atoms with Gasteiger partial charge in [0.1, 0.15) is 19.7 Å². The van der Waals surface area contributed by atoms with Crippen LogP contribution in [0.5, 0.6) is 0 Å². The van der Waals surface area contributed by atoms with E-state index in [-0.39, 0.29) is 32.2 Å². The second kappa shape index (κ2) is 11.8. The summed E-state index contributed by atoms with van der Waals surface area (Å²) in [5.74, 6) is -2.46. The van der Waals surface area contributed by atoms with E-state index in [2.05, 4.69) is 10.6 Å². The number of nitrogens with zero attached hydrogens (tertiary/aromatic N) is 1. The number of rotatable bonds is 11. The summed E-state index contributed by atoms with van der Waals surface area (Å²) in [4.78, 5) is 48.3. The quantitative estimate of drug-likeness (QED) is 0.450. The number of alkyl carbamates (subject to hydrolysis) is 1. The highest BCUT2D eigenvalue weighted by Crippen LogP contribution is 2.44. The molecule has 3 rings (SSSR count). The molecule has 0 spiro atoms. The van der Waals surface area contributed by atoms with E-state index in [1.165, 1.54) is 7.11 Å². The first-order valence-electron chi connectivity index (χ1n) is 10.7. The van der Waals surface area contributed by atoms with E-state index in [4.69, 9.17) is 14.6 Å². The highest BCUT2D eigenvalue weighted by atomic mass is 16.5. The van der Waals surface area contributed by atoms with Crippen LogP contribution >= 0.6 is 0 Å². The van der Waals surface area contributed by atoms with Gasteiger partial charge in [0.15, 0.2) is 0 Å². The molecule has 0 radical (unpaired) electrons. The van der Waals surface area contributed by atoms with Gasteiger partial charge in [-0.1, -0.05) is 48.5 Å². The fraction of sp³-hybridized carbons (Fsp3) is 0.333. The molecule has 0 fully saturated rings. The average Bonchev–Trinajstić information content (AvgIpc) is 3.16. The van der Waals surface area contributed by atoms with Crippen LogP contribution in [0.2, 0.25) is 0 Å². The van der Waals surface area contributed by atoms with Crippen molar-refractivity contribution in [2.45, 2.75) is 5.92 Å². The molecule has 3 N–H and O–H groups in total. The first-order valence-corrected chi connectivity index (χ1v) is 10.7. The first kappa shape index (κ1) is 24.7. The van der Waals surface area contributed by atoms with Crippen molar-refractivity contribution < 1.29 is 33.8 Å². The number of carboxylic acid groups (broad SMARTS) is 1. The normalized spacial score (nSPS) is 11.8. The van der Waals surface area contributed by atoms with Gasteiger partial charge in [-0.2, -0.15) is 0 Å². The number of hydrogen-bond acceptors (Lipinski definition) is 6. The fourth-order valence-corrected chi connectivity index (χ4v) is 3.81. The molecule has 3 amide bonds. The zero-order valence-electron chi connectivity index (χ0n) is 18.8. The second-order valence-electron chi connectivity index (χ2n) is 7.66. The van der Waals surface area contributed by atoms with Crippen LogP contribution in [0, 0.1) is 0 Å². The van der Waals surface area contributed by atoms with Gasteiger partial charge in [0, 0.05) is 19.6 Å². The molecule has 10 heteroatoms. The van der Waals surface area contributed by atoms with E-state index in [1.807, 2.05) is 48.5 Å². The number of aliphatic carboxylic acids is 1. The number of methoxy groups -OCH3 is 1. The van der Waals surface area contributed by atoms with Crippen molar-refractivity contribution in [2.24, 2.45) is 0 Å². The van der Waals surface area contributed by atoms with Crippen molar-refractivity contribution in [3.8, 4) is 11.1 Å². The number of carbonyl (C=O) groups is 4. The molecule has 1 aliphatic carbocycles. The Hall–Kier alpha value is -3.92. The Labute approximate surface area is 196 Å². The van der Waals surface area contributed by atoms with E-state index >= 15 is 0 Å². The smallest absolute Gasteiger partial charge is 0.407 e. The van der Waals surface area contributed by atoms with Gasteiger partial charge in [-0.05, 0) is 22.3 Å². The summed E-state index contributed by atoms with van der Waals surface area (Å²) in [6.07, 6.45) is -0.754. The highest BCUT2D eigenvalue weighted by molar-refractivity contribution is 5.88. The molecular formula is C24H27N3O7. The minimum atomic E-state index is -1.17. The summed E-state index contributed by atoms with van der Waals surface area (Å²) in [5, 5.41) is 13.6. The molecule has 0 bridgehead atoms. The van der Waals surface area contributed by atoms with Crippen molar-refractivity contribution in [1.82, 2.24) is 15.5 Å². The van der Waals surface area contributed by atoms with Gasteiger partial charge in [0.2, 0.25) is 11.8 Å². The molecule has 0 aliphatic heterocycles. The topological polar surface area (TPSA) is 134 Å². The lowest BCUT2D eigenvalue weighted by Gasteiger charge is -2.20. The van der Waals surface area contributed by atoms with Crippen molar-refractivity contribution in [3.05, 3.63) is 59.7 Å². The third-order valence-corrected chi connectivity index (χ3v) is 5.42. The van der Waals surface area contributed by atoms with Crippen LogP contribution in [0.3, 0.4) is 0 Å². The second-order valence-corrected chi connectivity index (χ2v) is 7.66. The van der Waals surface area contributed by atoms with Crippen LogP contribution in [0.25, 0.3) is 11.1 Å². The van der Waals surface area contributed by atoms with Crippen LogP contribution in [-0.4, -0.2) is 80.4 Å². The van der Waals surface area contributed by atoms with Crippen molar-refractivity contribution in [3.63, 3.8) is 0 Å². The van der Waals surface area contributed by atoms with E-state index in [0.717, 1.165) is 27.2 Å². The van der Waals surface area contributed by atoms with E-state index < -0.39 is 37.0 Å². The van der Waals surface area contributed by atoms with Crippen LogP contribution in [0.1, 0.15) is 17.0 Å². The van der Waals surface area contributed by atoms with Gasteiger partial charge in [-0.15, -0.1) is 0 Å². The number of carboxylic acids is 1. The molecule has 0 aromatic heterocycles. The van der Waals surface area contributed by atoms with Gasteiger partial charge in [0.05, 0.1) is 13.2 Å². The molecule has 0 unspecified atom stereocenters. The van der Waals surface area contributed by atoms with Crippen molar-refractivity contribution in [2.75, 3.05) is 46.5 Å². The zero-order valence-corrected chi connectivity index (χ0v) is 18.8. The molecule has 10 nitrogen and oxygen atoms in total. The van der Waals surface area contributed by atoms with Crippen molar-refractivity contribution in [1.29, 1.82) is 0 Å². The summed E-state index contributed by atoms with van der Waals surface area (Å²) >= 11 is 0. The maximum Gasteiger partial charge on any atom is 0.407 e. The Bertz CT molecular complexity index is 1010. The highest BCUT2D eigenvalue weighted by Gasteiger charge is 2.29. The molecule has 180 valence electrons. The summed E-state index contributed by atoms with van der Waals surface area (Å²) in [6.45, 7) is -0.936. The Morgan fingerprint density at radius 1 is 0.941 bits per heavy atom. The molecule has 1 aliphatic rings. The molecular weight excluding hydrogens is 442 g/mol. The summed E-state index contributed by atoms with van der Waals surface area (Å²) < 4.78 is 10.2. The summed E-state index contributed by atoms with van der Waals surface area (Å²) in [7, 11) is 1.43. The minimum Gasteiger partial charge on any atom is -0.480 e. The van der Waals surface area contributed by atoms with Crippen LogP contribution in [-0.2, 0) is 23.9 Å². The van der Waals surface area contributed by atoms with Crippen molar-refractivity contribution >= 4 is 23.9 Å². The number of hydrogen-bond donors (Lipinski definition) is 3. The maximum absolute atomic E-state index is 12.2. The van der Waals surface area contributed by atoms with Gasteiger partial charge in [0.25, 0.3) is 0 Å². The van der Waals surface area contributed by atoms with Gasteiger partial charge >= 0.3 is 12.1 Å². The Kier molecular flexibility index (Phi) is 8.58. The number of benzene rings is 2. The molecule has 2 aromatic carbocycles. The Morgan fingerprint density at radius 3 is 2.15 bits per heavy atom. The third kappa shape index (κ3) is 6.32. The predicted molar refractivity (Wildman–Crippen MR) is 122 cm³/mol. The van der Waals surface area contributed by atoms with Gasteiger partial charge < -0.3 is 30.1 Å². The lowest BCUT2D eigenvalue weighted by atomic mass is 9.98. The predicted octanol–water partition coefficient (Wildman–Crippen LogP) is 1.20. The number of ether oxygens (including phenoxy) is 2. The molecule has 34 heavy (non-hydrogen) atoms. The summed E-state index contributed by atoms with van der Waals surface area (Å²) in [6, 6.07) is 15.9. The molecule has 0 atom stereocenters. The largest absolute Gasteiger partial charge is 0.480 e. The number of fused-ring (bicyclic) bond motifs is 3. The number of amides is 3. The molecule has 0 heterocycles.